The van der Waals surface area contributed by atoms with E-state index >= 15 is 0 Å². The zero-order valence-electron chi connectivity index (χ0n) is 8.01. The molecule has 0 aromatic heterocycles. The van der Waals surface area contributed by atoms with E-state index in [4.69, 9.17) is 0 Å². The third-order valence-corrected chi connectivity index (χ3v) is 2.03. The predicted octanol–water partition coefficient (Wildman–Crippen LogP) is 2.07. The van der Waals surface area contributed by atoms with E-state index < -0.39 is 0 Å². The van der Waals surface area contributed by atoms with Crippen LogP contribution in [0.3, 0.4) is 0 Å². The van der Waals surface area contributed by atoms with Gasteiger partial charge in [-0.1, -0.05) is 18.2 Å². The van der Waals surface area contributed by atoms with Crippen molar-refractivity contribution in [1.29, 1.82) is 0 Å². The number of unbranched alkanes of at least 4 members (excludes halogenated alkanes) is 1. The van der Waals surface area contributed by atoms with Crippen molar-refractivity contribution in [2.75, 3.05) is 6.54 Å². The first-order chi connectivity index (χ1) is 5.67. The first-order valence-corrected chi connectivity index (χ1v) is 4.48. The van der Waals surface area contributed by atoms with Gasteiger partial charge in [-0.25, -0.2) is 10.4 Å². The zero-order chi connectivity index (χ0) is 9.03. The number of nitrogens with zero attached hydrogens (tertiary/aromatic N) is 1. The molecule has 0 saturated carbocycles. The summed E-state index contributed by atoms with van der Waals surface area (Å²) < 4.78 is 0. The van der Waals surface area contributed by atoms with Gasteiger partial charge in [0.05, 0.1) is 5.66 Å². The van der Waals surface area contributed by atoms with E-state index in [1.165, 1.54) is 0 Å². The van der Waals surface area contributed by atoms with E-state index in [0.717, 1.165) is 19.4 Å². The lowest BCUT2D eigenvalue weighted by Crippen LogP contribution is -2.08. The molecule has 0 radical (unpaired) electrons. The second-order valence-corrected chi connectivity index (χ2v) is 3.62. The molecule has 12 heavy (non-hydrogen) atoms. The molecule has 1 atom stereocenters. The standard InChI is InChI=1S/C10H18N2/c1-4-5-6-7-8-9-12-10(2,3)11-12/h4,7-8,11H,1,5-6,9H2,2-3H3/b8-7+. The number of hydrogen-bond acceptors (Lipinski definition) is 2. The highest BCUT2D eigenvalue weighted by Crippen LogP contribution is 2.21. The topological polar surface area (TPSA) is 25.0 Å². The van der Waals surface area contributed by atoms with Gasteiger partial charge in [0, 0.05) is 6.54 Å². The Kier molecular flexibility index (Phi) is 3.06. The molecule has 0 aliphatic carbocycles. The predicted molar refractivity (Wildman–Crippen MR) is 52.5 cm³/mol. The molecule has 0 aromatic carbocycles. The van der Waals surface area contributed by atoms with Crippen molar-refractivity contribution < 1.29 is 0 Å². The van der Waals surface area contributed by atoms with Crippen LogP contribution in [0.1, 0.15) is 26.7 Å². The van der Waals surface area contributed by atoms with E-state index in [1.807, 2.05) is 6.08 Å². The fraction of sp³-hybridized carbons (Fsp3) is 0.600. The lowest BCUT2D eigenvalue weighted by molar-refractivity contribution is 0.480. The molecule has 0 aromatic rings. The maximum absolute atomic E-state index is 3.67. The molecule has 1 fully saturated rings. The fourth-order valence-corrected chi connectivity index (χ4v) is 1.09. The van der Waals surface area contributed by atoms with Crippen LogP contribution in [-0.4, -0.2) is 17.2 Å². The summed E-state index contributed by atoms with van der Waals surface area (Å²) in [7, 11) is 0. The van der Waals surface area contributed by atoms with Gasteiger partial charge in [-0.3, -0.25) is 0 Å². The van der Waals surface area contributed by atoms with Gasteiger partial charge in [0.2, 0.25) is 0 Å². The first kappa shape index (κ1) is 9.49. The fourth-order valence-electron chi connectivity index (χ4n) is 1.09. The minimum Gasteiger partial charge on any atom is -0.232 e. The van der Waals surface area contributed by atoms with Crippen molar-refractivity contribution in [3.8, 4) is 0 Å². The van der Waals surface area contributed by atoms with E-state index in [1.54, 1.807) is 0 Å². The third kappa shape index (κ3) is 2.80. The molecule has 1 saturated heterocycles. The third-order valence-electron chi connectivity index (χ3n) is 2.03. The number of allylic oxidation sites excluding steroid dienone is 2. The summed E-state index contributed by atoms with van der Waals surface area (Å²) in [5.74, 6) is 0. The Bertz CT molecular complexity index is 182. The summed E-state index contributed by atoms with van der Waals surface area (Å²) in [5, 5.41) is 2.21. The van der Waals surface area contributed by atoms with Gasteiger partial charge in [0.15, 0.2) is 0 Å². The quantitative estimate of drug-likeness (QED) is 0.384. The molecule has 1 N–H and O–H groups in total. The van der Waals surface area contributed by atoms with Crippen LogP contribution in [0.25, 0.3) is 0 Å². The van der Waals surface area contributed by atoms with Crippen LogP contribution in [0.4, 0.5) is 0 Å². The molecule has 1 aliphatic rings. The lowest BCUT2D eigenvalue weighted by atomic mass is 10.3. The van der Waals surface area contributed by atoms with Gasteiger partial charge >= 0.3 is 0 Å². The molecule has 0 amide bonds. The van der Waals surface area contributed by atoms with Crippen molar-refractivity contribution in [1.82, 2.24) is 10.4 Å². The highest BCUT2D eigenvalue weighted by molar-refractivity contribution is 4.95. The summed E-state index contributed by atoms with van der Waals surface area (Å²) >= 11 is 0. The van der Waals surface area contributed by atoms with Crippen LogP contribution in [0.2, 0.25) is 0 Å². The second-order valence-electron chi connectivity index (χ2n) is 3.62. The molecular formula is C10H18N2. The molecule has 1 heterocycles. The monoisotopic (exact) mass is 166 g/mol. The molecule has 2 heteroatoms. The Balaban J connectivity index is 2.03. The molecule has 1 aliphatic heterocycles. The van der Waals surface area contributed by atoms with Crippen LogP contribution in [0, 0.1) is 0 Å². The Labute approximate surface area is 74.9 Å². The summed E-state index contributed by atoms with van der Waals surface area (Å²) in [6.07, 6.45) is 8.54. The van der Waals surface area contributed by atoms with Crippen LogP contribution in [0.5, 0.6) is 0 Å². The van der Waals surface area contributed by atoms with Gasteiger partial charge in [-0.15, -0.1) is 6.58 Å². The molecule has 1 rings (SSSR count). The summed E-state index contributed by atoms with van der Waals surface area (Å²) in [6, 6.07) is 0. The summed E-state index contributed by atoms with van der Waals surface area (Å²) in [5.41, 5.74) is 3.49. The Hall–Kier alpha value is -0.600. The zero-order valence-corrected chi connectivity index (χ0v) is 8.01. The lowest BCUT2D eigenvalue weighted by Gasteiger charge is -1.97. The van der Waals surface area contributed by atoms with Crippen molar-refractivity contribution in [3.05, 3.63) is 24.8 Å². The Morgan fingerprint density at radius 2 is 2.00 bits per heavy atom. The second kappa shape index (κ2) is 3.87. The molecular weight excluding hydrogens is 148 g/mol. The maximum Gasteiger partial charge on any atom is 0.0921 e. The van der Waals surface area contributed by atoms with Gasteiger partial charge in [-0.05, 0) is 26.7 Å². The highest BCUT2D eigenvalue weighted by Gasteiger charge is 2.40. The van der Waals surface area contributed by atoms with Crippen molar-refractivity contribution in [3.63, 3.8) is 0 Å². The van der Waals surface area contributed by atoms with Crippen LogP contribution >= 0.6 is 0 Å². The van der Waals surface area contributed by atoms with E-state index in [-0.39, 0.29) is 5.66 Å². The minimum atomic E-state index is 0.225. The van der Waals surface area contributed by atoms with Gasteiger partial charge < -0.3 is 0 Å². The normalized spacial score (nSPS) is 26.0. The van der Waals surface area contributed by atoms with Crippen molar-refractivity contribution in [2.45, 2.75) is 32.4 Å². The van der Waals surface area contributed by atoms with Crippen molar-refractivity contribution in [2.24, 2.45) is 0 Å². The number of hydrazine groups is 1. The number of nitrogens with one attached hydrogen (secondary N) is 1. The largest absolute Gasteiger partial charge is 0.232 e. The Morgan fingerprint density at radius 1 is 1.33 bits per heavy atom. The van der Waals surface area contributed by atoms with Gasteiger partial charge in [-0.2, -0.15) is 0 Å². The van der Waals surface area contributed by atoms with Crippen LogP contribution < -0.4 is 5.43 Å². The van der Waals surface area contributed by atoms with E-state index in [2.05, 4.69) is 43.0 Å². The van der Waals surface area contributed by atoms with Crippen LogP contribution in [0.15, 0.2) is 24.8 Å². The smallest absolute Gasteiger partial charge is 0.0921 e. The molecule has 1 unspecified atom stereocenters. The molecule has 68 valence electrons. The summed E-state index contributed by atoms with van der Waals surface area (Å²) in [6.45, 7) is 9.02. The highest BCUT2D eigenvalue weighted by atomic mass is 15.8. The number of hydrogen-bond donors (Lipinski definition) is 1. The first-order valence-electron chi connectivity index (χ1n) is 4.48. The van der Waals surface area contributed by atoms with Crippen LogP contribution in [-0.2, 0) is 0 Å². The Morgan fingerprint density at radius 3 is 2.50 bits per heavy atom. The summed E-state index contributed by atoms with van der Waals surface area (Å²) in [4.78, 5) is 0. The SMILES string of the molecule is C=CCC/C=C/CN1NC1(C)C. The molecule has 0 bridgehead atoms. The van der Waals surface area contributed by atoms with Gasteiger partial charge in [0.1, 0.15) is 0 Å². The average molecular weight is 166 g/mol. The minimum absolute atomic E-state index is 0.225. The maximum atomic E-state index is 3.67. The van der Waals surface area contributed by atoms with E-state index in [0.29, 0.717) is 0 Å². The van der Waals surface area contributed by atoms with Gasteiger partial charge in [0.25, 0.3) is 0 Å². The average Bonchev–Trinajstić information content (AvgIpc) is 2.59. The van der Waals surface area contributed by atoms with E-state index in [9.17, 15) is 0 Å². The number of rotatable bonds is 5. The van der Waals surface area contributed by atoms with Crippen molar-refractivity contribution >= 4 is 0 Å². The molecule has 0 spiro atoms. The molecule has 2 nitrogen and oxygen atoms in total.